The molecule has 2 rings (SSSR count). The summed E-state index contributed by atoms with van der Waals surface area (Å²) in [4.78, 5) is 4.52. The molecule has 0 saturated heterocycles. The van der Waals surface area contributed by atoms with Gasteiger partial charge in [-0.15, -0.1) is 0 Å². The lowest BCUT2D eigenvalue weighted by atomic mass is 9.94. The van der Waals surface area contributed by atoms with E-state index >= 15 is 0 Å². The Labute approximate surface area is 132 Å². The third-order valence-corrected chi connectivity index (χ3v) is 4.04. The molecule has 0 heterocycles. The van der Waals surface area contributed by atoms with Gasteiger partial charge in [-0.1, -0.05) is 13.8 Å². The summed E-state index contributed by atoms with van der Waals surface area (Å²) in [6.45, 7) is 5.32. The highest BCUT2D eigenvalue weighted by molar-refractivity contribution is 5.92. The minimum absolute atomic E-state index is 0.387. The molecule has 0 unspecified atom stereocenters. The van der Waals surface area contributed by atoms with E-state index in [2.05, 4.69) is 24.2 Å². The number of rotatable bonds is 7. The van der Waals surface area contributed by atoms with Crippen LogP contribution in [0.4, 0.5) is 5.69 Å². The number of nitrogens with two attached hydrogens (primary N) is 1. The molecule has 1 aliphatic carbocycles. The lowest BCUT2D eigenvalue weighted by Gasteiger charge is -2.16. The lowest BCUT2D eigenvalue weighted by molar-refractivity contribution is 0.355. The lowest BCUT2D eigenvalue weighted by Crippen LogP contribution is -2.24. The standard InChI is InChI=1S/C17H27N3O2/c1-12(2)10-17(7-8-17)11-19-16(18)20-13-5-6-14(21-3)15(9-13)22-4/h5-6,9,12H,7-8,10-11H2,1-4H3,(H3,18,19,20). The SMILES string of the molecule is COc1ccc(NC(N)=NCC2(CC(C)C)CC2)cc1OC. The van der Waals surface area contributed by atoms with Gasteiger partial charge in [-0.05, 0) is 42.7 Å². The van der Waals surface area contributed by atoms with Crippen molar-refractivity contribution in [1.82, 2.24) is 0 Å². The number of methoxy groups -OCH3 is 2. The maximum Gasteiger partial charge on any atom is 0.193 e. The summed E-state index contributed by atoms with van der Waals surface area (Å²) >= 11 is 0. The first-order valence-corrected chi connectivity index (χ1v) is 7.77. The predicted octanol–water partition coefficient (Wildman–Crippen LogP) is 3.26. The van der Waals surface area contributed by atoms with Crippen molar-refractivity contribution in [2.75, 3.05) is 26.1 Å². The quantitative estimate of drug-likeness (QED) is 0.599. The van der Waals surface area contributed by atoms with E-state index in [0.717, 1.165) is 12.2 Å². The van der Waals surface area contributed by atoms with Gasteiger partial charge in [0.25, 0.3) is 0 Å². The molecule has 5 nitrogen and oxygen atoms in total. The van der Waals surface area contributed by atoms with E-state index in [0.29, 0.717) is 28.8 Å². The fraction of sp³-hybridized carbons (Fsp3) is 0.588. The van der Waals surface area contributed by atoms with Crippen molar-refractivity contribution >= 4 is 11.6 Å². The summed E-state index contributed by atoms with van der Waals surface area (Å²) in [7, 11) is 3.23. The highest BCUT2D eigenvalue weighted by atomic mass is 16.5. The van der Waals surface area contributed by atoms with E-state index < -0.39 is 0 Å². The Bertz CT molecular complexity index is 537. The number of nitrogens with zero attached hydrogens (tertiary/aromatic N) is 1. The first-order chi connectivity index (χ1) is 10.5. The van der Waals surface area contributed by atoms with Gasteiger partial charge in [0.05, 0.1) is 14.2 Å². The molecule has 0 bridgehead atoms. The Hall–Kier alpha value is -1.91. The molecule has 1 saturated carbocycles. The second kappa shape index (κ2) is 6.90. The zero-order valence-electron chi connectivity index (χ0n) is 14.0. The maximum absolute atomic E-state index is 6.00. The second-order valence-electron chi connectivity index (χ2n) is 6.49. The summed E-state index contributed by atoms with van der Waals surface area (Å²) < 4.78 is 10.5. The van der Waals surface area contributed by atoms with Gasteiger partial charge in [0.1, 0.15) is 0 Å². The Balaban J connectivity index is 1.97. The number of anilines is 1. The van der Waals surface area contributed by atoms with Crippen molar-refractivity contribution in [1.29, 1.82) is 0 Å². The van der Waals surface area contributed by atoms with Crippen LogP contribution in [0.15, 0.2) is 23.2 Å². The van der Waals surface area contributed by atoms with Crippen LogP contribution >= 0.6 is 0 Å². The minimum Gasteiger partial charge on any atom is -0.493 e. The smallest absolute Gasteiger partial charge is 0.193 e. The number of aliphatic imine (C=N–C) groups is 1. The van der Waals surface area contributed by atoms with Crippen molar-refractivity contribution in [3.63, 3.8) is 0 Å². The van der Waals surface area contributed by atoms with Crippen molar-refractivity contribution in [2.45, 2.75) is 33.1 Å². The molecule has 0 atom stereocenters. The molecule has 1 fully saturated rings. The normalized spacial score (nSPS) is 16.5. The third kappa shape index (κ3) is 4.29. The molecular weight excluding hydrogens is 278 g/mol. The Morgan fingerprint density at radius 3 is 2.50 bits per heavy atom. The summed E-state index contributed by atoms with van der Waals surface area (Å²) in [5.74, 6) is 2.51. The van der Waals surface area contributed by atoms with Crippen LogP contribution in [0.1, 0.15) is 33.1 Å². The van der Waals surface area contributed by atoms with Crippen molar-refractivity contribution in [2.24, 2.45) is 22.1 Å². The molecule has 1 aliphatic rings. The number of benzene rings is 1. The van der Waals surface area contributed by atoms with Gasteiger partial charge in [-0.2, -0.15) is 0 Å². The number of ether oxygens (including phenoxy) is 2. The van der Waals surface area contributed by atoms with Crippen LogP contribution in [0.3, 0.4) is 0 Å². The van der Waals surface area contributed by atoms with Gasteiger partial charge in [0.2, 0.25) is 0 Å². The van der Waals surface area contributed by atoms with E-state index in [1.807, 2.05) is 18.2 Å². The van der Waals surface area contributed by atoms with Crippen molar-refractivity contribution in [3.05, 3.63) is 18.2 Å². The molecule has 0 spiro atoms. The average Bonchev–Trinajstić information content (AvgIpc) is 3.24. The minimum atomic E-state index is 0.387. The highest BCUT2D eigenvalue weighted by Crippen LogP contribution is 2.50. The van der Waals surface area contributed by atoms with Crippen LogP contribution in [0.25, 0.3) is 0 Å². The average molecular weight is 305 g/mol. The monoisotopic (exact) mass is 305 g/mol. The van der Waals surface area contributed by atoms with Gasteiger partial charge in [-0.25, -0.2) is 0 Å². The Kier molecular flexibility index (Phi) is 5.16. The molecule has 22 heavy (non-hydrogen) atoms. The molecule has 0 amide bonds. The van der Waals surface area contributed by atoms with Crippen LogP contribution in [0.2, 0.25) is 0 Å². The van der Waals surface area contributed by atoms with E-state index in [-0.39, 0.29) is 0 Å². The molecular formula is C17H27N3O2. The maximum atomic E-state index is 6.00. The van der Waals surface area contributed by atoms with Gasteiger partial charge in [0, 0.05) is 18.3 Å². The Morgan fingerprint density at radius 2 is 1.95 bits per heavy atom. The number of guanidine groups is 1. The fourth-order valence-corrected chi connectivity index (χ4v) is 2.82. The molecule has 0 radical (unpaired) electrons. The van der Waals surface area contributed by atoms with Gasteiger partial charge in [-0.3, -0.25) is 4.99 Å². The molecule has 1 aromatic rings. The van der Waals surface area contributed by atoms with Crippen LogP contribution in [0.5, 0.6) is 11.5 Å². The second-order valence-corrected chi connectivity index (χ2v) is 6.49. The molecule has 1 aromatic carbocycles. The summed E-state index contributed by atoms with van der Waals surface area (Å²) in [5, 5.41) is 3.11. The van der Waals surface area contributed by atoms with Crippen LogP contribution < -0.4 is 20.5 Å². The molecule has 0 aliphatic heterocycles. The number of hydrogen-bond acceptors (Lipinski definition) is 3. The van der Waals surface area contributed by atoms with Crippen LogP contribution in [-0.2, 0) is 0 Å². The van der Waals surface area contributed by atoms with Gasteiger partial charge >= 0.3 is 0 Å². The largest absolute Gasteiger partial charge is 0.493 e. The summed E-state index contributed by atoms with van der Waals surface area (Å²) in [5.41, 5.74) is 7.23. The number of nitrogens with one attached hydrogen (secondary N) is 1. The fourth-order valence-electron chi connectivity index (χ4n) is 2.82. The molecule has 3 N–H and O–H groups in total. The van der Waals surface area contributed by atoms with E-state index in [1.165, 1.54) is 19.3 Å². The third-order valence-electron chi connectivity index (χ3n) is 4.04. The van der Waals surface area contributed by atoms with Gasteiger partial charge in [0.15, 0.2) is 17.5 Å². The van der Waals surface area contributed by atoms with E-state index in [9.17, 15) is 0 Å². The highest BCUT2D eigenvalue weighted by Gasteiger charge is 2.42. The number of hydrogen-bond donors (Lipinski definition) is 2. The summed E-state index contributed by atoms with van der Waals surface area (Å²) in [6.07, 6.45) is 3.75. The molecule has 122 valence electrons. The first-order valence-electron chi connectivity index (χ1n) is 7.77. The van der Waals surface area contributed by atoms with Crippen LogP contribution in [0, 0.1) is 11.3 Å². The zero-order valence-corrected chi connectivity index (χ0v) is 14.0. The van der Waals surface area contributed by atoms with Crippen molar-refractivity contribution in [3.8, 4) is 11.5 Å². The van der Waals surface area contributed by atoms with Crippen molar-refractivity contribution < 1.29 is 9.47 Å². The van der Waals surface area contributed by atoms with E-state index in [4.69, 9.17) is 15.2 Å². The first kappa shape index (κ1) is 16.5. The molecule has 5 heteroatoms. The zero-order chi connectivity index (χ0) is 16.2. The predicted molar refractivity (Wildman–Crippen MR) is 90.8 cm³/mol. The molecule has 0 aromatic heterocycles. The van der Waals surface area contributed by atoms with E-state index in [1.54, 1.807) is 14.2 Å². The van der Waals surface area contributed by atoms with Gasteiger partial charge < -0.3 is 20.5 Å². The Morgan fingerprint density at radius 1 is 1.27 bits per heavy atom. The topological polar surface area (TPSA) is 68.9 Å². The summed E-state index contributed by atoms with van der Waals surface area (Å²) in [6, 6.07) is 5.59. The van der Waals surface area contributed by atoms with Crippen LogP contribution in [-0.4, -0.2) is 26.7 Å².